The van der Waals surface area contributed by atoms with Gasteiger partial charge in [0.05, 0.1) is 6.04 Å². The predicted octanol–water partition coefficient (Wildman–Crippen LogP) is 7.45. The number of nitrogens with one attached hydrogen (secondary N) is 5. The second-order valence-corrected chi connectivity index (χ2v) is 14.9. The Balaban J connectivity index is 1.24. The zero-order chi connectivity index (χ0) is 36.5. The topological polar surface area (TPSA) is 146 Å². The van der Waals surface area contributed by atoms with Crippen LogP contribution in [0.5, 0.6) is 0 Å². The molecule has 52 heavy (non-hydrogen) atoms. The number of fused-ring (bicyclic) bond motifs is 3. The molecule has 0 aliphatic carbocycles. The van der Waals surface area contributed by atoms with Gasteiger partial charge in [0, 0.05) is 70.7 Å². The van der Waals surface area contributed by atoms with Crippen molar-refractivity contribution in [2.45, 2.75) is 84.0 Å². The van der Waals surface area contributed by atoms with Crippen LogP contribution in [0.15, 0.2) is 91.4 Å². The first-order valence-electron chi connectivity index (χ1n) is 17.8. The number of hydrogen-bond acceptors (Lipinski definition) is 5. The second kappa shape index (κ2) is 14.1. The van der Waals surface area contributed by atoms with Gasteiger partial charge in [0.2, 0.25) is 5.91 Å². The summed E-state index contributed by atoms with van der Waals surface area (Å²) in [7, 11) is 0. The lowest BCUT2D eigenvalue weighted by atomic mass is 10.0. The van der Waals surface area contributed by atoms with Crippen molar-refractivity contribution in [1.29, 1.82) is 0 Å². The Morgan fingerprint density at radius 1 is 0.712 bits per heavy atom. The molecule has 0 saturated carbocycles. The number of para-hydroxylation sites is 3. The lowest BCUT2D eigenvalue weighted by Crippen LogP contribution is -2.56. The number of alkyl carbamates (subject to hydrolysis) is 1. The number of aryl methyl sites for hydroxylation is 3. The highest BCUT2D eigenvalue weighted by Crippen LogP contribution is 2.27. The van der Waals surface area contributed by atoms with Crippen molar-refractivity contribution in [1.82, 2.24) is 40.3 Å². The number of hydrogen-bond donors (Lipinski definition) is 5. The van der Waals surface area contributed by atoms with Crippen molar-refractivity contribution in [2.24, 2.45) is 0 Å². The number of amides is 2. The highest BCUT2D eigenvalue weighted by molar-refractivity contribution is 5.90. The Labute approximate surface area is 302 Å². The van der Waals surface area contributed by atoms with Gasteiger partial charge in [0.15, 0.2) is 5.82 Å². The molecular formula is C41H46N8O3. The van der Waals surface area contributed by atoms with E-state index in [1.807, 2.05) is 36.5 Å². The van der Waals surface area contributed by atoms with Gasteiger partial charge in [-0.05, 0) is 82.3 Å². The van der Waals surface area contributed by atoms with Crippen LogP contribution in [0.2, 0.25) is 0 Å². The summed E-state index contributed by atoms with van der Waals surface area (Å²) in [5, 5.41) is 19.0. The number of aromatic nitrogens is 6. The number of ether oxygens (including phenoxy) is 1. The Bertz CT molecular complexity index is 2350. The van der Waals surface area contributed by atoms with E-state index in [9.17, 15) is 9.59 Å². The average Bonchev–Trinajstić information content (AvgIpc) is 3.90. The molecule has 0 unspecified atom stereocenters. The molecule has 1 atom stereocenters. The minimum Gasteiger partial charge on any atom is -0.444 e. The van der Waals surface area contributed by atoms with E-state index in [1.54, 1.807) is 34.6 Å². The number of aromatic amines is 3. The van der Waals surface area contributed by atoms with Gasteiger partial charge in [-0.2, -0.15) is 0 Å². The number of nitrogens with zero attached hydrogens (tertiary/aromatic N) is 3. The molecule has 268 valence electrons. The summed E-state index contributed by atoms with van der Waals surface area (Å²) in [6, 6.07) is 24.1. The molecule has 7 aromatic rings. The van der Waals surface area contributed by atoms with Crippen LogP contribution in [-0.2, 0) is 41.8 Å². The molecule has 0 spiro atoms. The molecule has 4 aromatic heterocycles. The molecule has 0 aliphatic rings. The van der Waals surface area contributed by atoms with Crippen molar-refractivity contribution >= 4 is 44.7 Å². The third kappa shape index (κ3) is 7.44. The molecule has 0 bridgehead atoms. The highest BCUT2D eigenvalue weighted by Gasteiger charge is 2.35. The van der Waals surface area contributed by atoms with Crippen molar-refractivity contribution < 1.29 is 14.3 Å². The van der Waals surface area contributed by atoms with Crippen LogP contribution in [0, 0.1) is 0 Å². The Morgan fingerprint density at radius 2 is 1.23 bits per heavy atom. The smallest absolute Gasteiger partial charge is 0.408 e. The van der Waals surface area contributed by atoms with E-state index in [-0.39, 0.29) is 5.91 Å². The molecule has 0 radical (unpaired) electrons. The number of benzene rings is 3. The summed E-state index contributed by atoms with van der Waals surface area (Å²) >= 11 is 0. The molecule has 7 rings (SSSR count). The SMILES string of the molecule is CC(C)(C)OC(=O)NC(C)(C)C(=O)N[C@H](Cc1c[nH]c2ccccc12)c1nnc(CCc2c[nH]c3ccccc23)n1CCc1c[nH]c2ccccc12. The lowest BCUT2D eigenvalue weighted by Gasteiger charge is -2.29. The number of carbonyl (C=O) groups is 2. The highest BCUT2D eigenvalue weighted by atomic mass is 16.6. The third-order valence-corrected chi connectivity index (χ3v) is 9.53. The van der Waals surface area contributed by atoms with Crippen LogP contribution in [0.25, 0.3) is 32.7 Å². The van der Waals surface area contributed by atoms with Gasteiger partial charge in [0.1, 0.15) is 17.0 Å². The summed E-state index contributed by atoms with van der Waals surface area (Å²) in [6.07, 6.45) is 8.05. The Hall–Kier alpha value is -5.84. The monoisotopic (exact) mass is 698 g/mol. The van der Waals surface area contributed by atoms with Crippen molar-refractivity contribution in [2.75, 3.05) is 0 Å². The molecule has 0 fully saturated rings. The van der Waals surface area contributed by atoms with E-state index in [0.717, 1.165) is 46.2 Å². The fraction of sp³-hybridized carbons (Fsp3) is 0.317. The predicted molar refractivity (Wildman–Crippen MR) is 204 cm³/mol. The summed E-state index contributed by atoms with van der Waals surface area (Å²) in [5.41, 5.74) is 4.64. The largest absolute Gasteiger partial charge is 0.444 e. The molecule has 2 amide bonds. The zero-order valence-electron chi connectivity index (χ0n) is 30.3. The van der Waals surface area contributed by atoms with Gasteiger partial charge >= 0.3 is 6.09 Å². The molecule has 0 saturated heterocycles. The summed E-state index contributed by atoms with van der Waals surface area (Å²) in [5.74, 6) is 1.12. The van der Waals surface area contributed by atoms with E-state index >= 15 is 0 Å². The van der Waals surface area contributed by atoms with Crippen LogP contribution in [0.1, 0.15) is 69.0 Å². The standard InChI is InChI=1S/C41H46N8O3/c1-40(2,3)52-39(51)46-41(4,5)38(50)45-35(22-28-25-44-34-17-11-8-14-31(28)34)37-48-47-36(19-18-26-23-42-32-15-9-6-12-29(26)32)49(37)21-20-27-24-43-33-16-10-7-13-30(27)33/h6-17,23-25,35,42-44H,18-22H2,1-5H3,(H,45,50)(H,46,51)/t35-/m1/s1. The van der Waals surface area contributed by atoms with Crippen molar-refractivity contribution in [3.63, 3.8) is 0 Å². The lowest BCUT2D eigenvalue weighted by molar-refractivity contribution is -0.127. The maximum absolute atomic E-state index is 14.1. The number of rotatable bonds is 12. The minimum atomic E-state index is -1.28. The summed E-state index contributed by atoms with van der Waals surface area (Å²) in [4.78, 5) is 37.1. The molecule has 5 N–H and O–H groups in total. The van der Waals surface area contributed by atoms with Crippen LogP contribution in [-0.4, -0.2) is 52.9 Å². The van der Waals surface area contributed by atoms with Crippen LogP contribution in [0.3, 0.4) is 0 Å². The normalized spacial score (nSPS) is 12.8. The van der Waals surface area contributed by atoms with E-state index in [4.69, 9.17) is 14.9 Å². The zero-order valence-corrected chi connectivity index (χ0v) is 30.3. The maximum atomic E-state index is 14.1. The third-order valence-electron chi connectivity index (χ3n) is 9.53. The van der Waals surface area contributed by atoms with E-state index in [2.05, 4.69) is 85.0 Å². The molecule has 11 heteroatoms. The quantitative estimate of drug-likeness (QED) is 0.0900. The van der Waals surface area contributed by atoms with Crippen LogP contribution < -0.4 is 10.6 Å². The van der Waals surface area contributed by atoms with Crippen molar-refractivity contribution in [3.8, 4) is 0 Å². The fourth-order valence-electron chi connectivity index (χ4n) is 6.87. The first kappa shape index (κ1) is 34.6. The summed E-state index contributed by atoms with van der Waals surface area (Å²) < 4.78 is 7.66. The van der Waals surface area contributed by atoms with Crippen molar-refractivity contribution in [3.05, 3.63) is 120 Å². The first-order valence-corrected chi connectivity index (χ1v) is 17.8. The Kier molecular flexibility index (Phi) is 9.35. The Morgan fingerprint density at radius 3 is 1.81 bits per heavy atom. The van der Waals surface area contributed by atoms with Gasteiger partial charge in [-0.25, -0.2) is 4.79 Å². The van der Waals surface area contributed by atoms with E-state index in [0.29, 0.717) is 25.2 Å². The van der Waals surface area contributed by atoms with Gasteiger partial charge < -0.3 is 34.9 Å². The fourth-order valence-corrected chi connectivity index (χ4v) is 6.87. The van der Waals surface area contributed by atoms with E-state index < -0.39 is 23.3 Å². The van der Waals surface area contributed by atoms with Gasteiger partial charge in [-0.15, -0.1) is 10.2 Å². The molecular weight excluding hydrogens is 653 g/mol. The first-order chi connectivity index (χ1) is 24.9. The van der Waals surface area contributed by atoms with Crippen LogP contribution >= 0.6 is 0 Å². The summed E-state index contributed by atoms with van der Waals surface area (Å²) in [6.45, 7) is 9.31. The number of carbonyl (C=O) groups excluding carboxylic acids is 2. The van der Waals surface area contributed by atoms with Gasteiger partial charge in [0.25, 0.3) is 0 Å². The maximum Gasteiger partial charge on any atom is 0.408 e. The van der Waals surface area contributed by atoms with Gasteiger partial charge in [-0.3, -0.25) is 4.79 Å². The second-order valence-electron chi connectivity index (χ2n) is 14.9. The number of H-pyrrole nitrogens is 3. The molecule has 0 aliphatic heterocycles. The van der Waals surface area contributed by atoms with Gasteiger partial charge in [-0.1, -0.05) is 54.6 Å². The molecule has 3 aromatic carbocycles. The van der Waals surface area contributed by atoms with Crippen LogP contribution in [0.4, 0.5) is 4.79 Å². The molecule has 11 nitrogen and oxygen atoms in total. The average molecular weight is 699 g/mol. The minimum absolute atomic E-state index is 0.366. The molecule has 4 heterocycles. The van der Waals surface area contributed by atoms with E-state index in [1.165, 1.54) is 21.9 Å².